The van der Waals surface area contributed by atoms with Crippen LogP contribution in [0.2, 0.25) is 0 Å². The van der Waals surface area contributed by atoms with Gasteiger partial charge >= 0.3 is 21.0 Å². The number of hydrogen-bond donors (Lipinski definition) is 0. The standard InChI is InChI=1S/2C27H55NS2.O.V/c2*1-3-5-7-9-11-13-15-17-19-21-23-25-28(27(29)30)26-24-22-20-18-16-14-12-10-8-6-4-2;;/h2*3-26H2,1-2H3,(H,29,30);;/q;;;+2/p-2. The van der Waals surface area contributed by atoms with Gasteiger partial charge in [0.05, 0.1) is 0 Å². The second kappa shape index (κ2) is 61.6. The summed E-state index contributed by atoms with van der Waals surface area (Å²) in [7, 11) is 0. The third kappa shape index (κ3) is 58.6. The summed E-state index contributed by atoms with van der Waals surface area (Å²) in [6.07, 6.45) is 61.3. The Morgan fingerprint density at radius 2 is 0.387 bits per heavy atom. The number of nitrogens with zero attached hydrogens (tertiary/aromatic N) is 2. The van der Waals surface area contributed by atoms with Crippen LogP contribution in [0.3, 0.4) is 0 Å². The third-order valence-corrected chi connectivity index (χ3v) is 13.7. The maximum absolute atomic E-state index is 8.19. The molecule has 0 N–H and O–H groups in total. The molecule has 0 unspecified atom stereocenters. The van der Waals surface area contributed by atoms with Crippen LogP contribution in [0.15, 0.2) is 0 Å². The SMILES string of the molecule is CCCCCCCCCCCCCN(CCCCCCCCCCCCC)C(=S)[S-].CCCCCCCCCCCCCN(CCCCCCCCCCCCC)C(=S)[S-].[O]=[V+2]. The van der Waals surface area contributed by atoms with E-state index in [1.807, 2.05) is 0 Å². The molecule has 0 saturated heterocycles. The predicted molar refractivity (Wildman–Crippen MR) is 290 cm³/mol. The van der Waals surface area contributed by atoms with Gasteiger partial charge in [0.25, 0.3) is 0 Å². The molecule has 0 aliphatic carbocycles. The monoisotopic (exact) mass is 980 g/mol. The molecule has 0 aromatic heterocycles. The van der Waals surface area contributed by atoms with Crippen molar-refractivity contribution >= 4 is 58.3 Å². The Balaban J connectivity index is -0.00000108. The van der Waals surface area contributed by atoms with Crippen molar-refractivity contribution in [2.75, 3.05) is 26.2 Å². The Morgan fingerprint density at radius 3 is 0.500 bits per heavy atom. The summed E-state index contributed by atoms with van der Waals surface area (Å²) in [4.78, 5) is 4.57. The van der Waals surface area contributed by atoms with Crippen LogP contribution < -0.4 is 0 Å². The average molecular weight is 981 g/mol. The summed E-state index contributed by atoms with van der Waals surface area (Å²) in [5.41, 5.74) is 0. The number of thiocarbonyl (C=S) groups is 2. The van der Waals surface area contributed by atoms with Gasteiger partial charge in [-0.15, -0.1) is 0 Å². The normalized spacial score (nSPS) is 10.9. The van der Waals surface area contributed by atoms with Crippen molar-refractivity contribution in [3.8, 4) is 0 Å². The minimum atomic E-state index is 0.689. The van der Waals surface area contributed by atoms with Gasteiger partial charge in [0.1, 0.15) is 0 Å². The molecular formula is C54H108N2OS4V. The van der Waals surface area contributed by atoms with E-state index in [-0.39, 0.29) is 0 Å². The molecule has 0 bridgehead atoms. The molecule has 0 spiro atoms. The van der Waals surface area contributed by atoms with Gasteiger partial charge in [-0.3, -0.25) is 0 Å². The van der Waals surface area contributed by atoms with E-state index in [2.05, 4.69) is 37.5 Å². The van der Waals surface area contributed by atoms with Crippen molar-refractivity contribution < 1.29 is 21.0 Å². The Hall–Kier alpha value is 0.604. The van der Waals surface area contributed by atoms with Crippen molar-refractivity contribution in [1.29, 1.82) is 0 Å². The molecular weight excluding hydrogens is 872 g/mol. The van der Waals surface area contributed by atoms with E-state index in [1.54, 1.807) is 0 Å². The van der Waals surface area contributed by atoms with Crippen LogP contribution in [0.4, 0.5) is 0 Å². The Bertz CT molecular complexity index is 735. The van der Waals surface area contributed by atoms with Gasteiger partial charge in [-0.2, -0.15) is 0 Å². The Morgan fingerprint density at radius 1 is 0.274 bits per heavy atom. The summed E-state index contributed by atoms with van der Waals surface area (Å²) in [6, 6.07) is 0. The molecule has 0 radical (unpaired) electrons. The number of hydrogen-bond acceptors (Lipinski definition) is 5. The zero-order valence-corrected chi connectivity index (χ0v) is 47.0. The Kier molecular flexibility index (Phi) is 66.4. The van der Waals surface area contributed by atoms with Gasteiger partial charge in [-0.25, -0.2) is 0 Å². The fourth-order valence-corrected chi connectivity index (χ4v) is 9.19. The van der Waals surface area contributed by atoms with Gasteiger partial charge in [-0.1, -0.05) is 293 Å². The first-order valence-electron chi connectivity index (χ1n) is 27.5. The molecule has 0 aliphatic rings. The fourth-order valence-electron chi connectivity index (χ4n) is 8.46. The van der Waals surface area contributed by atoms with Crippen LogP contribution >= 0.6 is 24.4 Å². The van der Waals surface area contributed by atoms with E-state index in [0.717, 1.165) is 43.5 Å². The quantitative estimate of drug-likeness (QED) is 0.0340. The van der Waals surface area contributed by atoms with Gasteiger partial charge in [0.2, 0.25) is 0 Å². The van der Waals surface area contributed by atoms with Crippen LogP contribution in [0, 0.1) is 0 Å². The first-order valence-corrected chi connectivity index (χ1v) is 29.7. The molecule has 0 atom stereocenters. The predicted octanol–water partition coefficient (Wildman–Crippen LogP) is 19.4. The fraction of sp³-hybridized carbons (Fsp3) is 0.963. The maximum atomic E-state index is 8.19. The Labute approximate surface area is 422 Å². The van der Waals surface area contributed by atoms with Crippen molar-refractivity contribution in [2.45, 2.75) is 310 Å². The van der Waals surface area contributed by atoms with Gasteiger partial charge in [0.15, 0.2) is 0 Å². The minimum absolute atomic E-state index is 0.689. The van der Waals surface area contributed by atoms with Crippen molar-refractivity contribution in [3.63, 3.8) is 0 Å². The zero-order chi connectivity index (χ0) is 46.3. The van der Waals surface area contributed by atoms with Crippen LogP contribution in [0.1, 0.15) is 310 Å². The first-order chi connectivity index (χ1) is 30.4. The molecule has 0 aliphatic heterocycles. The van der Waals surface area contributed by atoms with E-state index < -0.39 is 0 Å². The van der Waals surface area contributed by atoms with E-state index in [4.69, 9.17) is 53.4 Å². The molecule has 3 nitrogen and oxygen atoms in total. The van der Waals surface area contributed by atoms with Crippen molar-refractivity contribution in [2.24, 2.45) is 0 Å². The second-order valence-corrected chi connectivity index (χ2v) is 20.7. The van der Waals surface area contributed by atoms with Crippen molar-refractivity contribution in [1.82, 2.24) is 9.80 Å². The van der Waals surface area contributed by atoms with E-state index in [0.29, 0.717) is 8.64 Å². The van der Waals surface area contributed by atoms with Gasteiger partial charge < -0.3 is 59.5 Å². The average Bonchev–Trinajstić information content (AvgIpc) is 3.27. The first kappa shape index (κ1) is 66.9. The summed E-state index contributed by atoms with van der Waals surface area (Å²) < 4.78 is 9.57. The number of rotatable bonds is 48. The van der Waals surface area contributed by atoms with Crippen LogP contribution in [-0.2, 0) is 46.3 Å². The molecule has 0 aromatic rings. The molecule has 0 saturated carbocycles. The number of unbranched alkanes of at least 4 members (excludes halogenated alkanes) is 40. The summed E-state index contributed by atoms with van der Waals surface area (Å²) in [6.45, 7) is 13.5. The van der Waals surface area contributed by atoms with E-state index >= 15 is 0 Å². The third-order valence-electron chi connectivity index (χ3n) is 12.6. The second-order valence-electron chi connectivity index (χ2n) is 18.6. The molecule has 0 amide bonds. The molecule has 0 aromatic carbocycles. The summed E-state index contributed by atoms with van der Waals surface area (Å²) in [5, 5.41) is 0. The molecule has 62 heavy (non-hydrogen) atoms. The molecule has 8 heteroatoms. The zero-order valence-electron chi connectivity index (χ0n) is 42.3. The summed E-state index contributed by atoms with van der Waals surface area (Å²) in [5.74, 6) is 0. The molecule has 0 heterocycles. The molecule has 0 rings (SSSR count). The van der Waals surface area contributed by atoms with Gasteiger partial charge in [-0.05, 0) is 25.7 Å². The van der Waals surface area contributed by atoms with Crippen LogP contribution in [0.25, 0.3) is 0 Å². The van der Waals surface area contributed by atoms with Crippen molar-refractivity contribution in [3.05, 3.63) is 0 Å². The van der Waals surface area contributed by atoms with Gasteiger partial charge in [0, 0.05) is 26.2 Å². The van der Waals surface area contributed by atoms with E-state index in [1.165, 1.54) is 283 Å². The van der Waals surface area contributed by atoms with Crippen LogP contribution in [-0.4, -0.2) is 44.6 Å². The summed E-state index contributed by atoms with van der Waals surface area (Å²) >= 11 is 22.3. The van der Waals surface area contributed by atoms with E-state index in [9.17, 15) is 0 Å². The molecule has 369 valence electrons. The topological polar surface area (TPSA) is 23.6 Å². The van der Waals surface area contributed by atoms with Crippen LogP contribution in [0.5, 0.6) is 0 Å². The molecule has 0 fully saturated rings.